The molecule has 0 aliphatic carbocycles. The van der Waals surface area contributed by atoms with Gasteiger partial charge in [0.2, 0.25) is 0 Å². The maximum absolute atomic E-state index is 12.6. The Morgan fingerprint density at radius 2 is 2.03 bits per heavy atom. The van der Waals surface area contributed by atoms with Gasteiger partial charge in [-0.15, -0.1) is 5.10 Å². The van der Waals surface area contributed by atoms with Crippen molar-refractivity contribution in [2.24, 2.45) is 0 Å². The second-order valence-corrected chi connectivity index (χ2v) is 7.80. The smallest absolute Gasteiger partial charge is 0.358 e. The van der Waals surface area contributed by atoms with Gasteiger partial charge < -0.3 is 9.47 Å². The van der Waals surface area contributed by atoms with Crippen LogP contribution in [-0.2, 0) is 17.6 Å². The Balaban J connectivity index is 1.69. The lowest BCUT2D eigenvalue weighted by Crippen LogP contribution is -2.11. The van der Waals surface area contributed by atoms with Gasteiger partial charge in [0.05, 0.1) is 42.2 Å². The van der Waals surface area contributed by atoms with Crippen LogP contribution in [0.5, 0.6) is 5.75 Å². The monoisotopic (exact) mass is 449 g/mol. The van der Waals surface area contributed by atoms with Crippen LogP contribution in [0.3, 0.4) is 0 Å². The van der Waals surface area contributed by atoms with Gasteiger partial charge in [-0.3, -0.25) is 4.57 Å². The number of esters is 1. The van der Waals surface area contributed by atoms with Crippen molar-refractivity contribution in [1.29, 1.82) is 0 Å². The van der Waals surface area contributed by atoms with Crippen molar-refractivity contribution in [3.05, 3.63) is 82.2 Å². The van der Waals surface area contributed by atoms with Crippen LogP contribution in [0.1, 0.15) is 40.1 Å². The van der Waals surface area contributed by atoms with Gasteiger partial charge >= 0.3 is 5.97 Å². The van der Waals surface area contributed by atoms with Crippen LogP contribution in [0.15, 0.2) is 48.8 Å². The molecular weight excluding hydrogens is 430 g/mol. The largest absolute Gasteiger partial charge is 0.497 e. The number of benzene rings is 2. The number of fused-ring (bicyclic) bond motifs is 5. The molecule has 5 rings (SSSR count). The lowest BCUT2D eigenvalue weighted by molar-refractivity contribution is 0.0519. The van der Waals surface area contributed by atoms with Gasteiger partial charge in [-0.05, 0) is 36.8 Å². The maximum atomic E-state index is 12.6. The Morgan fingerprint density at radius 3 is 2.81 bits per heavy atom. The third-order valence-electron chi connectivity index (χ3n) is 5.44. The molecule has 0 amide bonds. The number of carbonyl (C=O) groups excluding carboxylic acids is 1. The van der Waals surface area contributed by atoms with Crippen LogP contribution in [0.4, 0.5) is 0 Å². The SMILES string of the molecule is CCOC(=O)c1ncn2c1Cc1c(Cc3cccc(Cl)c3)nnn1-c1cc(OC)ccc1-2. The summed E-state index contributed by atoms with van der Waals surface area (Å²) in [4.78, 5) is 17.0. The fourth-order valence-corrected chi connectivity index (χ4v) is 4.18. The number of carbonyl (C=O) groups is 1. The minimum atomic E-state index is -0.450. The lowest BCUT2D eigenvalue weighted by atomic mass is 10.1. The van der Waals surface area contributed by atoms with Gasteiger partial charge in [-0.1, -0.05) is 28.9 Å². The third-order valence-corrected chi connectivity index (χ3v) is 5.68. The molecule has 2 aromatic carbocycles. The molecule has 0 bridgehead atoms. The van der Waals surface area contributed by atoms with E-state index in [1.165, 1.54) is 0 Å². The molecule has 0 saturated carbocycles. The highest BCUT2D eigenvalue weighted by molar-refractivity contribution is 6.30. The van der Waals surface area contributed by atoms with Gasteiger partial charge in [-0.2, -0.15) is 0 Å². The zero-order valence-corrected chi connectivity index (χ0v) is 18.3. The van der Waals surface area contributed by atoms with Crippen LogP contribution in [0, 0.1) is 0 Å². The van der Waals surface area contributed by atoms with Gasteiger partial charge in [0.1, 0.15) is 12.1 Å². The number of imidazole rings is 1. The maximum Gasteiger partial charge on any atom is 0.358 e. The van der Waals surface area contributed by atoms with Gasteiger partial charge in [0.25, 0.3) is 0 Å². The fourth-order valence-electron chi connectivity index (χ4n) is 3.96. The minimum absolute atomic E-state index is 0.276. The highest BCUT2D eigenvalue weighted by Gasteiger charge is 2.29. The third kappa shape index (κ3) is 3.42. The van der Waals surface area contributed by atoms with Crippen molar-refractivity contribution < 1.29 is 14.3 Å². The van der Waals surface area contributed by atoms with Crippen molar-refractivity contribution >= 4 is 17.6 Å². The molecule has 8 nitrogen and oxygen atoms in total. The highest BCUT2D eigenvalue weighted by atomic mass is 35.5. The van der Waals surface area contributed by atoms with E-state index in [1.807, 2.05) is 47.0 Å². The van der Waals surface area contributed by atoms with Crippen LogP contribution >= 0.6 is 11.6 Å². The van der Waals surface area contributed by atoms with E-state index < -0.39 is 5.97 Å². The molecule has 0 radical (unpaired) electrons. The molecule has 0 fully saturated rings. The number of halogens is 1. The van der Waals surface area contributed by atoms with Crippen molar-refractivity contribution in [1.82, 2.24) is 24.5 Å². The van der Waals surface area contributed by atoms with E-state index in [4.69, 9.17) is 21.1 Å². The quantitative estimate of drug-likeness (QED) is 0.379. The van der Waals surface area contributed by atoms with E-state index in [1.54, 1.807) is 25.0 Å². The standard InChI is InChI=1S/C23H20ClN5O3/c1-3-32-23(30)22-21-12-19-17(10-14-5-4-6-15(24)9-14)26-27-29(19)20-11-16(31-2)7-8-18(20)28(21)13-25-22/h4-9,11,13H,3,10,12H2,1-2H3. The summed E-state index contributed by atoms with van der Waals surface area (Å²) in [5.74, 6) is 0.240. The van der Waals surface area contributed by atoms with Gasteiger partial charge in [0, 0.05) is 23.9 Å². The van der Waals surface area contributed by atoms with Gasteiger partial charge in [0.15, 0.2) is 5.69 Å². The first kappa shape index (κ1) is 20.3. The molecule has 4 aromatic rings. The number of ether oxygens (including phenoxy) is 2. The van der Waals surface area contributed by atoms with E-state index in [0.717, 1.165) is 34.0 Å². The van der Waals surface area contributed by atoms with Crippen molar-refractivity contribution in [3.63, 3.8) is 0 Å². The Kier molecular flexibility index (Phi) is 5.14. The fraction of sp³-hybridized carbons (Fsp3) is 0.217. The van der Waals surface area contributed by atoms with Crippen molar-refractivity contribution in [2.45, 2.75) is 19.8 Å². The molecule has 3 heterocycles. The Morgan fingerprint density at radius 1 is 1.16 bits per heavy atom. The van der Waals surface area contributed by atoms with E-state index in [9.17, 15) is 4.79 Å². The highest BCUT2D eigenvalue weighted by Crippen LogP contribution is 2.33. The Labute approximate surface area is 189 Å². The summed E-state index contributed by atoms with van der Waals surface area (Å²) < 4.78 is 14.4. The zero-order valence-electron chi connectivity index (χ0n) is 17.6. The summed E-state index contributed by atoms with van der Waals surface area (Å²) in [6, 6.07) is 13.3. The lowest BCUT2D eigenvalue weighted by Gasteiger charge is -2.11. The number of nitrogens with zero attached hydrogens (tertiary/aromatic N) is 5. The molecule has 162 valence electrons. The molecular formula is C23H20ClN5O3. The average molecular weight is 450 g/mol. The molecule has 0 saturated heterocycles. The molecule has 0 atom stereocenters. The van der Waals surface area contributed by atoms with Gasteiger partial charge in [-0.25, -0.2) is 14.5 Å². The normalized spacial score (nSPS) is 11.8. The predicted octanol–water partition coefficient (Wildman–Crippen LogP) is 3.79. The summed E-state index contributed by atoms with van der Waals surface area (Å²) in [6.07, 6.45) is 2.61. The first-order valence-electron chi connectivity index (χ1n) is 10.2. The molecule has 1 aliphatic heterocycles. The first-order chi connectivity index (χ1) is 15.6. The zero-order chi connectivity index (χ0) is 22.2. The molecule has 0 spiro atoms. The topological polar surface area (TPSA) is 84.1 Å². The van der Waals surface area contributed by atoms with E-state index >= 15 is 0 Å². The number of methoxy groups -OCH3 is 1. The number of rotatable bonds is 5. The number of hydrogen-bond donors (Lipinski definition) is 0. The summed E-state index contributed by atoms with van der Waals surface area (Å²) >= 11 is 6.17. The minimum Gasteiger partial charge on any atom is -0.497 e. The number of aromatic nitrogens is 5. The summed E-state index contributed by atoms with van der Waals surface area (Å²) in [5.41, 5.74) is 5.31. The second kappa shape index (κ2) is 8.12. The second-order valence-electron chi connectivity index (χ2n) is 7.36. The van der Waals surface area contributed by atoms with E-state index in [2.05, 4.69) is 15.3 Å². The molecule has 1 aliphatic rings. The van der Waals surface area contributed by atoms with Crippen molar-refractivity contribution in [3.8, 4) is 17.1 Å². The molecule has 2 aromatic heterocycles. The Bertz CT molecular complexity index is 1330. The van der Waals surface area contributed by atoms with Crippen LogP contribution in [0.25, 0.3) is 11.4 Å². The van der Waals surface area contributed by atoms with Crippen LogP contribution < -0.4 is 4.74 Å². The summed E-state index contributed by atoms with van der Waals surface area (Å²) in [7, 11) is 1.62. The van der Waals surface area contributed by atoms with Crippen LogP contribution in [0.2, 0.25) is 5.02 Å². The average Bonchev–Trinajstić information content (AvgIpc) is 3.35. The predicted molar refractivity (Wildman–Crippen MR) is 118 cm³/mol. The summed E-state index contributed by atoms with van der Waals surface area (Å²) in [6.45, 7) is 2.05. The number of hydrogen-bond acceptors (Lipinski definition) is 6. The summed E-state index contributed by atoms with van der Waals surface area (Å²) in [5, 5.41) is 9.59. The molecule has 32 heavy (non-hydrogen) atoms. The molecule has 0 N–H and O–H groups in total. The molecule has 0 unspecified atom stereocenters. The van der Waals surface area contributed by atoms with E-state index in [0.29, 0.717) is 23.6 Å². The van der Waals surface area contributed by atoms with Crippen molar-refractivity contribution in [2.75, 3.05) is 13.7 Å². The molecule has 9 heteroatoms. The van der Waals surface area contributed by atoms with E-state index in [-0.39, 0.29) is 12.3 Å². The van der Waals surface area contributed by atoms with Crippen LogP contribution in [-0.4, -0.2) is 44.2 Å². The first-order valence-corrected chi connectivity index (χ1v) is 10.6. The Hall–Kier alpha value is -3.65.